The van der Waals surface area contributed by atoms with Gasteiger partial charge in [0, 0.05) is 23.3 Å². The van der Waals surface area contributed by atoms with Crippen LogP contribution in [0.25, 0.3) is 22.9 Å². The van der Waals surface area contributed by atoms with Crippen LogP contribution in [-0.2, 0) is 0 Å². The van der Waals surface area contributed by atoms with Crippen LogP contribution in [0.4, 0.5) is 5.69 Å². The highest BCUT2D eigenvalue weighted by molar-refractivity contribution is 5.58. The predicted molar refractivity (Wildman–Crippen MR) is 98.3 cm³/mol. The smallest absolute Gasteiger partial charge is 0.269 e. The summed E-state index contributed by atoms with van der Waals surface area (Å²) in [5, 5.41) is 18.8. The second kappa shape index (κ2) is 7.09. The Labute approximate surface area is 154 Å². The Kier molecular flexibility index (Phi) is 4.32. The molecule has 0 atom stereocenters. The van der Waals surface area contributed by atoms with E-state index in [1.807, 2.05) is 42.5 Å². The van der Waals surface area contributed by atoms with Gasteiger partial charge in [0.15, 0.2) is 0 Å². The third kappa shape index (κ3) is 3.67. The quantitative estimate of drug-likeness (QED) is 0.363. The van der Waals surface area contributed by atoms with Crippen molar-refractivity contribution in [3.05, 3.63) is 89.0 Å². The molecule has 0 saturated heterocycles. The molecule has 7 nitrogen and oxygen atoms in total. The minimum atomic E-state index is -0.452. The maximum Gasteiger partial charge on any atom is 0.269 e. The number of non-ortho nitro benzene ring substituents is 1. The van der Waals surface area contributed by atoms with Crippen LogP contribution in [-0.4, -0.2) is 15.1 Å². The molecule has 4 aromatic rings. The summed E-state index contributed by atoms with van der Waals surface area (Å²) >= 11 is 0. The fraction of sp³-hybridized carbons (Fsp3) is 0. The Morgan fingerprint density at radius 2 is 1.26 bits per heavy atom. The van der Waals surface area contributed by atoms with Gasteiger partial charge in [-0.1, -0.05) is 18.2 Å². The lowest BCUT2D eigenvalue weighted by atomic mass is 10.2. The number of hydrogen-bond donors (Lipinski definition) is 0. The van der Waals surface area contributed by atoms with Gasteiger partial charge >= 0.3 is 0 Å². The van der Waals surface area contributed by atoms with Crippen LogP contribution in [0.1, 0.15) is 0 Å². The molecule has 27 heavy (non-hydrogen) atoms. The number of nitro benzene ring substituents is 1. The van der Waals surface area contributed by atoms with Crippen molar-refractivity contribution in [1.29, 1.82) is 0 Å². The first-order valence-electron chi connectivity index (χ1n) is 8.11. The number of aromatic nitrogens is 2. The van der Waals surface area contributed by atoms with Gasteiger partial charge in [-0.25, -0.2) is 0 Å². The van der Waals surface area contributed by atoms with Crippen LogP contribution in [0.3, 0.4) is 0 Å². The summed E-state index contributed by atoms with van der Waals surface area (Å²) in [6.45, 7) is 0. The molecule has 4 rings (SSSR count). The summed E-state index contributed by atoms with van der Waals surface area (Å²) in [4.78, 5) is 10.2. The molecule has 0 amide bonds. The fourth-order valence-corrected chi connectivity index (χ4v) is 2.47. The van der Waals surface area contributed by atoms with Crippen LogP contribution in [0.5, 0.6) is 11.5 Å². The van der Waals surface area contributed by atoms with Crippen LogP contribution >= 0.6 is 0 Å². The summed E-state index contributed by atoms with van der Waals surface area (Å²) in [7, 11) is 0. The summed E-state index contributed by atoms with van der Waals surface area (Å²) < 4.78 is 11.4. The minimum absolute atomic E-state index is 0.0170. The lowest BCUT2D eigenvalue weighted by molar-refractivity contribution is -0.384. The lowest BCUT2D eigenvalue weighted by Gasteiger charge is -2.05. The summed E-state index contributed by atoms with van der Waals surface area (Å²) in [6, 6.07) is 22.6. The van der Waals surface area contributed by atoms with Crippen LogP contribution in [0.15, 0.2) is 83.3 Å². The van der Waals surface area contributed by atoms with E-state index in [4.69, 9.17) is 9.15 Å². The molecule has 0 spiro atoms. The van der Waals surface area contributed by atoms with E-state index in [9.17, 15) is 10.1 Å². The molecular weight excluding hydrogens is 346 g/mol. The largest absolute Gasteiger partial charge is 0.457 e. The van der Waals surface area contributed by atoms with Gasteiger partial charge < -0.3 is 9.15 Å². The molecule has 0 aliphatic heterocycles. The number of rotatable bonds is 5. The van der Waals surface area contributed by atoms with Crippen molar-refractivity contribution in [3.63, 3.8) is 0 Å². The van der Waals surface area contributed by atoms with Gasteiger partial charge in [-0.3, -0.25) is 10.1 Å². The van der Waals surface area contributed by atoms with Gasteiger partial charge in [0.05, 0.1) is 4.92 Å². The second-order valence-corrected chi connectivity index (χ2v) is 5.66. The molecule has 0 aliphatic rings. The SMILES string of the molecule is O=[N+]([O-])c1ccc(Oc2ccc(-c3nnc(-c4ccccc4)o3)cc2)cc1. The van der Waals surface area contributed by atoms with E-state index >= 15 is 0 Å². The molecule has 1 aromatic heterocycles. The average molecular weight is 359 g/mol. The van der Waals surface area contributed by atoms with Crippen molar-refractivity contribution in [2.45, 2.75) is 0 Å². The maximum absolute atomic E-state index is 10.7. The van der Waals surface area contributed by atoms with Crippen molar-refractivity contribution in [1.82, 2.24) is 10.2 Å². The van der Waals surface area contributed by atoms with Gasteiger partial charge in [-0.15, -0.1) is 10.2 Å². The standard InChI is InChI=1S/C20H13N3O4/c24-23(25)16-8-12-18(13-9-16)26-17-10-6-15(7-11-17)20-22-21-19(27-20)14-4-2-1-3-5-14/h1-13H. The van der Waals surface area contributed by atoms with Crippen molar-refractivity contribution >= 4 is 5.69 Å². The molecule has 132 valence electrons. The first-order chi connectivity index (χ1) is 13.2. The zero-order valence-electron chi connectivity index (χ0n) is 14.0. The Morgan fingerprint density at radius 3 is 1.81 bits per heavy atom. The van der Waals surface area contributed by atoms with Crippen molar-refractivity contribution < 1.29 is 14.1 Å². The predicted octanol–water partition coefficient (Wildman–Crippen LogP) is 5.10. The van der Waals surface area contributed by atoms with E-state index in [2.05, 4.69) is 10.2 Å². The Balaban J connectivity index is 1.49. The van der Waals surface area contributed by atoms with Crippen molar-refractivity contribution in [2.75, 3.05) is 0 Å². The molecule has 3 aromatic carbocycles. The Hall–Kier alpha value is -4.00. The minimum Gasteiger partial charge on any atom is -0.457 e. The number of nitro groups is 1. The molecule has 0 bridgehead atoms. The third-order valence-electron chi connectivity index (χ3n) is 3.83. The molecule has 0 N–H and O–H groups in total. The number of ether oxygens (including phenoxy) is 1. The highest BCUT2D eigenvalue weighted by atomic mass is 16.6. The Bertz CT molecular complexity index is 1060. The van der Waals surface area contributed by atoms with Crippen LogP contribution < -0.4 is 4.74 Å². The van der Waals surface area contributed by atoms with Crippen LogP contribution in [0, 0.1) is 10.1 Å². The molecule has 0 aliphatic carbocycles. The molecule has 7 heteroatoms. The van der Waals surface area contributed by atoms with Gasteiger partial charge in [0.2, 0.25) is 11.8 Å². The third-order valence-corrected chi connectivity index (χ3v) is 3.83. The summed E-state index contributed by atoms with van der Waals surface area (Å²) in [5.41, 5.74) is 1.64. The molecular formula is C20H13N3O4. The van der Waals surface area contributed by atoms with Crippen molar-refractivity contribution in [2.24, 2.45) is 0 Å². The molecule has 0 unspecified atom stereocenters. The van der Waals surface area contributed by atoms with E-state index in [0.29, 0.717) is 23.3 Å². The van der Waals surface area contributed by atoms with E-state index in [0.717, 1.165) is 11.1 Å². The first-order valence-corrected chi connectivity index (χ1v) is 8.11. The Morgan fingerprint density at radius 1 is 0.741 bits per heavy atom. The summed E-state index contributed by atoms with van der Waals surface area (Å²) in [6.07, 6.45) is 0. The van der Waals surface area contributed by atoms with E-state index in [-0.39, 0.29) is 5.69 Å². The highest BCUT2D eigenvalue weighted by Crippen LogP contribution is 2.28. The van der Waals surface area contributed by atoms with Gasteiger partial charge in [0.1, 0.15) is 11.5 Å². The zero-order chi connectivity index (χ0) is 18.6. The monoisotopic (exact) mass is 359 g/mol. The van der Waals surface area contributed by atoms with E-state index < -0.39 is 4.92 Å². The maximum atomic E-state index is 10.7. The van der Waals surface area contributed by atoms with Gasteiger partial charge in [-0.2, -0.15) is 0 Å². The van der Waals surface area contributed by atoms with E-state index in [1.165, 1.54) is 12.1 Å². The second-order valence-electron chi connectivity index (χ2n) is 5.66. The number of benzene rings is 3. The highest BCUT2D eigenvalue weighted by Gasteiger charge is 2.10. The number of nitrogens with zero attached hydrogens (tertiary/aromatic N) is 3. The zero-order valence-corrected chi connectivity index (χ0v) is 14.0. The van der Waals surface area contributed by atoms with E-state index in [1.54, 1.807) is 24.3 Å². The van der Waals surface area contributed by atoms with Crippen molar-refractivity contribution in [3.8, 4) is 34.4 Å². The summed E-state index contributed by atoms with van der Waals surface area (Å²) in [5.74, 6) is 1.97. The normalized spacial score (nSPS) is 10.5. The molecule has 0 saturated carbocycles. The molecule has 1 heterocycles. The number of hydrogen-bond acceptors (Lipinski definition) is 6. The fourth-order valence-electron chi connectivity index (χ4n) is 2.47. The van der Waals surface area contributed by atoms with Gasteiger partial charge in [0.25, 0.3) is 5.69 Å². The molecule has 0 fully saturated rings. The van der Waals surface area contributed by atoms with Crippen LogP contribution in [0.2, 0.25) is 0 Å². The average Bonchev–Trinajstić information content (AvgIpc) is 3.20. The molecule has 0 radical (unpaired) electrons. The van der Waals surface area contributed by atoms with Gasteiger partial charge in [-0.05, 0) is 48.5 Å². The first kappa shape index (κ1) is 16.5. The topological polar surface area (TPSA) is 91.3 Å². The lowest BCUT2D eigenvalue weighted by Crippen LogP contribution is -1.88.